The van der Waals surface area contributed by atoms with Crippen molar-refractivity contribution in [3.8, 4) is 0 Å². The maximum absolute atomic E-state index is 12.4. The Bertz CT molecular complexity index is 385. The summed E-state index contributed by atoms with van der Waals surface area (Å²) in [5, 5.41) is 0. The van der Waals surface area contributed by atoms with Crippen LogP contribution in [0.3, 0.4) is 0 Å². The first-order valence-electron chi connectivity index (χ1n) is 8.45. The number of amides is 1. The summed E-state index contributed by atoms with van der Waals surface area (Å²) in [6.07, 6.45) is 2.18. The van der Waals surface area contributed by atoms with E-state index in [-0.39, 0.29) is 12.1 Å². The topological polar surface area (TPSA) is 32.8 Å². The fourth-order valence-corrected chi connectivity index (χ4v) is 2.92. The van der Waals surface area contributed by atoms with E-state index in [0.717, 1.165) is 26.2 Å². The van der Waals surface area contributed by atoms with Gasteiger partial charge in [0.2, 0.25) is 0 Å². The number of hydrogen-bond donors (Lipinski definition) is 0. The third-order valence-corrected chi connectivity index (χ3v) is 3.80. The lowest BCUT2D eigenvalue weighted by atomic mass is 9.96. The molecule has 0 bridgehead atoms. The normalized spacial score (nSPS) is 20.0. The van der Waals surface area contributed by atoms with E-state index in [1.807, 2.05) is 25.7 Å². The molecule has 0 spiro atoms. The van der Waals surface area contributed by atoms with Crippen LogP contribution in [0.25, 0.3) is 0 Å². The van der Waals surface area contributed by atoms with Gasteiger partial charge in [-0.3, -0.25) is 4.90 Å². The minimum absolute atomic E-state index is 0.159. The molecule has 1 unspecified atom stereocenters. The smallest absolute Gasteiger partial charge is 0.410 e. The highest BCUT2D eigenvalue weighted by Crippen LogP contribution is 2.21. The minimum Gasteiger partial charge on any atom is -0.444 e. The third-order valence-electron chi connectivity index (χ3n) is 3.80. The van der Waals surface area contributed by atoms with Gasteiger partial charge >= 0.3 is 6.09 Å². The quantitative estimate of drug-likeness (QED) is 0.722. The van der Waals surface area contributed by atoms with E-state index < -0.39 is 5.60 Å². The molecule has 1 amide bonds. The van der Waals surface area contributed by atoms with Crippen LogP contribution in [0.1, 0.15) is 54.4 Å². The summed E-state index contributed by atoms with van der Waals surface area (Å²) in [5.41, 5.74) is 0.761. The van der Waals surface area contributed by atoms with E-state index in [1.54, 1.807) is 0 Å². The molecule has 22 heavy (non-hydrogen) atoms. The van der Waals surface area contributed by atoms with Crippen LogP contribution in [-0.2, 0) is 4.74 Å². The zero-order valence-corrected chi connectivity index (χ0v) is 15.3. The van der Waals surface area contributed by atoms with Crippen molar-refractivity contribution in [3.63, 3.8) is 0 Å². The van der Waals surface area contributed by atoms with Crippen molar-refractivity contribution < 1.29 is 9.53 Å². The second-order valence-corrected chi connectivity index (χ2v) is 7.93. The molecule has 0 saturated carbocycles. The zero-order valence-electron chi connectivity index (χ0n) is 15.3. The number of carbonyl (C=O) groups excluding carboxylic acids is 1. The molecule has 0 aromatic heterocycles. The molecule has 1 fully saturated rings. The molecule has 128 valence electrons. The second-order valence-electron chi connectivity index (χ2n) is 7.93. The zero-order chi connectivity index (χ0) is 16.9. The molecule has 4 nitrogen and oxygen atoms in total. The average Bonchev–Trinajstić information content (AvgIpc) is 2.33. The van der Waals surface area contributed by atoms with Crippen LogP contribution < -0.4 is 0 Å². The lowest BCUT2D eigenvalue weighted by Gasteiger charge is -2.37. The first-order valence-corrected chi connectivity index (χ1v) is 8.45. The third kappa shape index (κ3) is 6.82. The monoisotopic (exact) mass is 310 g/mol. The van der Waals surface area contributed by atoms with Crippen molar-refractivity contribution in [3.05, 3.63) is 12.2 Å². The van der Waals surface area contributed by atoms with Crippen molar-refractivity contribution in [1.82, 2.24) is 9.80 Å². The van der Waals surface area contributed by atoms with E-state index in [2.05, 4.69) is 32.3 Å². The van der Waals surface area contributed by atoms with Crippen LogP contribution in [0.5, 0.6) is 0 Å². The largest absolute Gasteiger partial charge is 0.444 e. The van der Waals surface area contributed by atoms with Crippen molar-refractivity contribution >= 4 is 6.09 Å². The van der Waals surface area contributed by atoms with Gasteiger partial charge in [0.25, 0.3) is 0 Å². The maximum atomic E-state index is 12.4. The summed E-state index contributed by atoms with van der Waals surface area (Å²) >= 11 is 0. The van der Waals surface area contributed by atoms with Gasteiger partial charge in [-0.2, -0.15) is 0 Å². The van der Waals surface area contributed by atoms with Crippen molar-refractivity contribution in [2.24, 2.45) is 5.92 Å². The Hall–Kier alpha value is -1.03. The first-order chi connectivity index (χ1) is 10.1. The van der Waals surface area contributed by atoms with Gasteiger partial charge in [-0.15, -0.1) is 0 Å². The number of rotatable bonds is 5. The molecule has 0 aliphatic carbocycles. The van der Waals surface area contributed by atoms with Gasteiger partial charge in [-0.1, -0.05) is 12.2 Å². The fraction of sp³-hybridized carbons (Fsp3) is 0.833. The molecular formula is C18H34N2O2. The summed E-state index contributed by atoms with van der Waals surface area (Å²) in [6.45, 7) is 19.9. The predicted octanol–water partition coefficient (Wildman–Crippen LogP) is 3.92. The van der Waals surface area contributed by atoms with E-state index in [9.17, 15) is 4.79 Å². The van der Waals surface area contributed by atoms with Crippen LogP contribution in [0, 0.1) is 5.92 Å². The van der Waals surface area contributed by atoms with E-state index in [0.29, 0.717) is 5.92 Å². The van der Waals surface area contributed by atoms with Crippen LogP contribution in [0.4, 0.5) is 4.79 Å². The van der Waals surface area contributed by atoms with Gasteiger partial charge in [0, 0.05) is 25.7 Å². The molecule has 1 heterocycles. The number of carbonyl (C=O) groups is 1. The van der Waals surface area contributed by atoms with Gasteiger partial charge < -0.3 is 9.64 Å². The summed E-state index contributed by atoms with van der Waals surface area (Å²) < 4.78 is 5.55. The Morgan fingerprint density at radius 1 is 1.41 bits per heavy atom. The Kier molecular flexibility index (Phi) is 6.92. The molecule has 0 radical (unpaired) electrons. The van der Waals surface area contributed by atoms with Crippen molar-refractivity contribution in [2.75, 3.05) is 26.2 Å². The van der Waals surface area contributed by atoms with Crippen LogP contribution in [0.2, 0.25) is 0 Å². The highest BCUT2D eigenvalue weighted by molar-refractivity contribution is 5.68. The Balaban J connectivity index is 2.62. The minimum atomic E-state index is -0.442. The highest BCUT2D eigenvalue weighted by atomic mass is 16.6. The molecule has 1 saturated heterocycles. The van der Waals surface area contributed by atoms with E-state index in [4.69, 9.17) is 4.74 Å². The maximum Gasteiger partial charge on any atom is 0.410 e. The molecule has 0 aromatic carbocycles. The molecule has 1 aliphatic heterocycles. The van der Waals surface area contributed by atoms with Gasteiger partial charge in [-0.25, -0.2) is 4.79 Å². The average molecular weight is 310 g/mol. The van der Waals surface area contributed by atoms with Gasteiger partial charge in [0.05, 0.1) is 0 Å². The molecule has 1 rings (SSSR count). The summed E-state index contributed by atoms with van der Waals surface area (Å²) in [4.78, 5) is 16.7. The fourth-order valence-electron chi connectivity index (χ4n) is 2.92. The summed E-state index contributed by atoms with van der Waals surface area (Å²) in [5.74, 6) is 0.517. The van der Waals surface area contributed by atoms with Gasteiger partial charge in [-0.05, 0) is 66.8 Å². The van der Waals surface area contributed by atoms with E-state index >= 15 is 0 Å². The Morgan fingerprint density at radius 2 is 2.05 bits per heavy atom. The van der Waals surface area contributed by atoms with Crippen molar-refractivity contribution in [1.29, 1.82) is 0 Å². The molecule has 4 heteroatoms. The standard InChI is InChI=1S/C18H34N2O2/c1-14(2)11-19-10-8-9-16(12-19)13-20(15(3)4)17(21)22-18(5,6)7/h15-16H,1,8-13H2,2-7H3. The predicted molar refractivity (Wildman–Crippen MR) is 92.1 cm³/mol. The van der Waals surface area contributed by atoms with Crippen molar-refractivity contribution in [2.45, 2.75) is 66.0 Å². The van der Waals surface area contributed by atoms with Crippen LogP contribution in [0.15, 0.2) is 12.2 Å². The highest BCUT2D eigenvalue weighted by Gasteiger charge is 2.28. The molecule has 1 aliphatic rings. The van der Waals surface area contributed by atoms with E-state index in [1.165, 1.54) is 18.4 Å². The Labute approximate surface area is 136 Å². The van der Waals surface area contributed by atoms with Gasteiger partial charge in [0.15, 0.2) is 0 Å². The number of piperidine rings is 1. The molecule has 0 N–H and O–H groups in total. The number of likely N-dealkylation sites (tertiary alicyclic amines) is 1. The first kappa shape index (κ1) is 19.0. The van der Waals surface area contributed by atoms with Crippen LogP contribution in [-0.4, -0.2) is 53.7 Å². The number of hydrogen-bond acceptors (Lipinski definition) is 3. The lowest BCUT2D eigenvalue weighted by Crippen LogP contribution is -2.47. The molecular weight excluding hydrogens is 276 g/mol. The van der Waals surface area contributed by atoms with Gasteiger partial charge in [0.1, 0.15) is 5.60 Å². The Morgan fingerprint density at radius 3 is 2.55 bits per heavy atom. The molecule has 0 aromatic rings. The second kappa shape index (κ2) is 8.00. The SMILES string of the molecule is C=C(C)CN1CCCC(CN(C(=O)OC(C)(C)C)C(C)C)C1. The number of ether oxygens (including phenoxy) is 1. The van der Waals surface area contributed by atoms with Crippen LogP contribution >= 0.6 is 0 Å². The summed E-state index contributed by atoms with van der Waals surface area (Å²) in [6, 6.07) is 0.159. The number of nitrogens with zero attached hydrogens (tertiary/aromatic N) is 2. The summed E-state index contributed by atoms with van der Waals surface area (Å²) in [7, 11) is 0. The molecule has 1 atom stereocenters. The lowest BCUT2D eigenvalue weighted by molar-refractivity contribution is 0.0123.